The molecule has 0 aromatic carbocycles. The van der Waals surface area contributed by atoms with Gasteiger partial charge in [-0.25, -0.2) is 0 Å². The van der Waals surface area contributed by atoms with Crippen LogP contribution >= 0.6 is 0 Å². The van der Waals surface area contributed by atoms with Crippen LogP contribution < -0.4 is 0 Å². The number of hydrogen-bond acceptors (Lipinski definition) is 4. The highest BCUT2D eigenvalue weighted by atomic mass is 16.4. The van der Waals surface area contributed by atoms with Crippen LogP contribution in [0.1, 0.15) is 63.1 Å². The van der Waals surface area contributed by atoms with Crippen molar-refractivity contribution in [3.8, 4) is 0 Å². The van der Waals surface area contributed by atoms with E-state index in [-0.39, 0.29) is 11.8 Å². The zero-order chi connectivity index (χ0) is 14.5. The third-order valence-corrected chi connectivity index (χ3v) is 3.71. The van der Waals surface area contributed by atoms with E-state index in [9.17, 15) is 4.79 Å². The van der Waals surface area contributed by atoms with E-state index >= 15 is 0 Å². The van der Waals surface area contributed by atoms with Gasteiger partial charge in [0.2, 0.25) is 17.7 Å². The Balaban J connectivity index is 1.87. The number of nitrogens with zero attached hydrogens (tertiary/aromatic N) is 3. The zero-order valence-electron chi connectivity index (χ0n) is 12.3. The Hall–Kier alpha value is -1.65. The molecule has 1 aliphatic heterocycles. The summed E-state index contributed by atoms with van der Waals surface area (Å²) < 4.78 is 5.71. The highest BCUT2D eigenvalue weighted by Crippen LogP contribution is 2.28. The molecule has 1 aromatic heterocycles. The minimum absolute atomic E-state index is 0.219. The van der Waals surface area contributed by atoms with Crippen molar-refractivity contribution >= 4 is 5.91 Å². The summed E-state index contributed by atoms with van der Waals surface area (Å²) in [7, 11) is 0. The lowest BCUT2D eigenvalue weighted by Crippen LogP contribution is -2.37. The van der Waals surface area contributed by atoms with Crippen LogP contribution in [-0.4, -0.2) is 34.1 Å². The molecular formula is C15H23N3O2. The SMILES string of the molecule is C=CCCC(=O)N1CCC(c2nnc(C(C)C)o2)CC1. The first-order valence-electron chi connectivity index (χ1n) is 7.33. The minimum atomic E-state index is 0.219. The quantitative estimate of drug-likeness (QED) is 0.776. The van der Waals surface area contributed by atoms with Crippen LogP contribution in [-0.2, 0) is 4.79 Å². The summed E-state index contributed by atoms with van der Waals surface area (Å²) >= 11 is 0. The van der Waals surface area contributed by atoms with Gasteiger partial charge in [0.25, 0.3) is 0 Å². The highest BCUT2D eigenvalue weighted by Gasteiger charge is 2.27. The van der Waals surface area contributed by atoms with Crippen molar-refractivity contribution in [2.75, 3.05) is 13.1 Å². The number of amides is 1. The molecule has 2 rings (SSSR count). The smallest absolute Gasteiger partial charge is 0.222 e. The van der Waals surface area contributed by atoms with E-state index < -0.39 is 0 Å². The van der Waals surface area contributed by atoms with E-state index in [2.05, 4.69) is 16.8 Å². The third kappa shape index (κ3) is 3.46. The molecule has 1 aliphatic rings. The Bertz CT molecular complexity index is 459. The monoisotopic (exact) mass is 277 g/mol. The molecule has 5 nitrogen and oxygen atoms in total. The average Bonchev–Trinajstić information content (AvgIpc) is 2.95. The summed E-state index contributed by atoms with van der Waals surface area (Å²) in [5.41, 5.74) is 0. The summed E-state index contributed by atoms with van der Waals surface area (Å²) in [5.74, 6) is 2.20. The molecule has 1 amide bonds. The zero-order valence-corrected chi connectivity index (χ0v) is 12.3. The Morgan fingerprint density at radius 2 is 2.15 bits per heavy atom. The number of aromatic nitrogens is 2. The van der Waals surface area contributed by atoms with Gasteiger partial charge in [-0.3, -0.25) is 4.79 Å². The van der Waals surface area contributed by atoms with Gasteiger partial charge in [-0.1, -0.05) is 19.9 Å². The van der Waals surface area contributed by atoms with Gasteiger partial charge in [0.05, 0.1) is 0 Å². The van der Waals surface area contributed by atoms with Crippen LogP contribution in [0.2, 0.25) is 0 Å². The van der Waals surface area contributed by atoms with Gasteiger partial charge in [-0.05, 0) is 19.3 Å². The lowest BCUT2D eigenvalue weighted by atomic mass is 9.96. The summed E-state index contributed by atoms with van der Waals surface area (Å²) in [4.78, 5) is 13.9. The summed E-state index contributed by atoms with van der Waals surface area (Å²) in [6.07, 6.45) is 4.90. The van der Waals surface area contributed by atoms with Crippen molar-refractivity contribution in [2.45, 2.75) is 51.4 Å². The molecule has 5 heteroatoms. The molecule has 0 spiro atoms. The predicted octanol–water partition coefficient (Wildman–Crippen LogP) is 2.87. The van der Waals surface area contributed by atoms with Crippen molar-refractivity contribution < 1.29 is 9.21 Å². The first-order chi connectivity index (χ1) is 9.61. The first-order valence-corrected chi connectivity index (χ1v) is 7.33. The third-order valence-electron chi connectivity index (χ3n) is 3.71. The number of carbonyl (C=O) groups excluding carboxylic acids is 1. The van der Waals surface area contributed by atoms with E-state index in [0.717, 1.165) is 38.2 Å². The van der Waals surface area contributed by atoms with Crippen LogP contribution in [0.5, 0.6) is 0 Å². The maximum Gasteiger partial charge on any atom is 0.222 e. The second-order valence-electron chi connectivity index (χ2n) is 5.62. The maximum atomic E-state index is 11.9. The van der Waals surface area contributed by atoms with Gasteiger partial charge in [0, 0.05) is 31.3 Å². The van der Waals surface area contributed by atoms with E-state index in [1.54, 1.807) is 6.08 Å². The van der Waals surface area contributed by atoms with E-state index in [0.29, 0.717) is 18.2 Å². The first kappa shape index (κ1) is 14.8. The molecule has 0 bridgehead atoms. The molecule has 1 fully saturated rings. The summed E-state index contributed by atoms with van der Waals surface area (Å²) in [6.45, 7) is 9.28. The average molecular weight is 277 g/mol. The molecule has 0 radical (unpaired) electrons. The Morgan fingerprint density at radius 1 is 1.45 bits per heavy atom. The molecule has 20 heavy (non-hydrogen) atoms. The van der Waals surface area contributed by atoms with Crippen LogP contribution in [0.25, 0.3) is 0 Å². The largest absolute Gasteiger partial charge is 0.425 e. The molecule has 0 saturated carbocycles. The number of carbonyl (C=O) groups is 1. The Labute approximate surface area is 120 Å². The lowest BCUT2D eigenvalue weighted by Gasteiger charge is -2.30. The number of likely N-dealkylation sites (tertiary alicyclic amines) is 1. The van der Waals surface area contributed by atoms with Crippen LogP contribution in [0.4, 0.5) is 0 Å². The van der Waals surface area contributed by atoms with Gasteiger partial charge in [0.15, 0.2) is 0 Å². The molecule has 0 unspecified atom stereocenters. The number of rotatable bonds is 5. The highest BCUT2D eigenvalue weighted by molar-refractivity contribution is 5.76. The van der Waals surface area contributed by atoms with Crippen molar-refractivity contribution in [3.05, 3.63) is 24.4 Å². The predicted molar refractivity (Wildman–Crippen MR) is 76.4 cm³/mol. The summed E-state index contributed by atoms with van der Waals surface area (Å²) in [5, 5.41) is 8.22. The van der Waals surface area contributed by atoms with Crippen LogP contribution in [0.15, 0.2) is 17.1 Å². The molecule has 0 N–H and O–H groups in total. The number of allylic oxidation sites excluding steroid dienone is 1. The second kappa shape index (κ2) is 6.68. The lowest BCUT2D eigenvalue weighted by molar-refractivity contribution is -0.132. The molecule has 0 aliphatic carbocycles. The van der Waals surface area contributed by atoms with Gasteiger partial charge >= 0.3 is 0 Å². The van der Waals surface area contributed by atoms with Crippen molar-refractivity contribution in [2.24, 2.45) is 0 Å². The van der Waals surface area contributed by atoms with Gasteiger partial charge in [0.1, 0.15) is 0 Å². The molecule has 1 aromatic rings. The maximum absolute atomic E-state index is 11.9. The number of hydrogen-bond donors (Lipinski definition) is 0. The fourth-order valence-corrected chi connectivity index (χ4v) is 2.40. The number of piperidine rings is 1. The fourth-order valence-electron chi connectivity index (χ4n) is 2.40. The topological polar surface area (TPSA) is 59.2 Å². The van der Waals surface area contributed by atoms with E-state index in [1.807, 2.05) is 18.7 Å². The minimum Gasteiger partial charge on any atom is -0.425 e. The summed E-state index contributed by atoms with van der Waals surface area (Å²) in [6, 6.07) is 0. The van der Waals surface area contributed by atoms with Gasteiger partial charge < -0.3 is 9.32 Å². The molecule has 2 heterocycles. The van der Waals surface area contributed by atoms with Crippen LogP contribution in [0, 0.1) is 0 Å². The molecular weight excluding hydrogens is 254 g/mol. The van der Waals surface area contributed by atoms with E-state index in [1.165, 1.54) is 0 Å². The molecule has 110 valence electrons. The van der Waals surface area contributed by atoms with Crippen molar-refractivity contribution in [1.82, 2.24) is 15.1 Å². The second-order valence-corrected chi connectivity index (χ2v) is 5.62. The Morgan fingerprint density at radius 3 is 2.70 bits per heavy atom. The normalized spacial score (nSPS) is 16.6. The van der Waals surface area contributed by atoms with E-state index in [4.69, 9.17) is 4.42 Å². The van der Waals surface area contributed by atoms with Gasteiger partial charge in [-0.2, -0.15) is 0 Å². The van der Waals surface area contributed by atoms with Crippen molar-refractivity contribution in [1.29, 1.82) is 0 Å². The molecule has 1 saturated heterocycles. The van der Waals surface area contributed by atoms with Gasteiger partial charge in [-0.15, -0.1) is 16.8 Å². The Kier molecular flexibility index (Phi) is 4.93. The standard InChI is InChI=1S/C15H23N3O2/c1-4-5-6-13(19)18-9-7-12(8-10-18)15-17-16-14(20-15)11(2)3/h4,11-12H,1,5-10H2,2-3H3. The molecule has 0 atom stereocenters. The van der Waals surface area contributed by atoms with Crippen molar-refractivity contribution in [3.63, 3.8) is 0 Å². The van der Waals surface area contributed by atoms with Crippen LogP contribution in [0.3, 0.4) is 0 Å². The fraction of sp³-hybridized carbons (Fsp3) is 0.667.